The SMILES string of the molecule is Cc1nc(CNS(=O)(=O)CCCC(=O)O)oc1C. The molecule has 1 rings (SSSR count). The lowest BCUT2D eigenvalue weighted by Gasteiger charge is -2.03. The van der Waals surface area contributed by atoms with E-state index in [4.69, 9.17) is 9.52 Å². The van der Waals surface area contributed by atoms with Crippen molar-refractivity contribution in [3.05, 3.63) is 17.3 Å². The zero-order chi connectivity index (χ0) is 13.8. The average Bonchev–Trinajstić information content (AvgIpc) is 2.55. The first-order chi connectivity index (χ1) is 8.30. The second-order valence-electron chi connectivity index (χ2n) is 3.89. The van der Waals surface area contributed by atoms with Crippen LogP contribution in [0.25, 0.3) is 0 Å². The summed E-state index contributed by atoms with van der Waals surface area (Å²) < 4.78 is 30.5. The van der Waals surface area contributed by atoms with Gasteiger partial charge in [-0.15, -0.1) is 0 Å². The number of hydrogen-bond donors (Lipinski definition) is 2. The van der Waals surface area contributed by atoms with Crippen molar-refractivity contribution in [2.75, 3.05) is 5.75 Å². The molecule has 1 aromatic heterocycles. The summed E-state index contributed by atoms with van der Waals surface area (Å²) in [7, 11) is -3.49. The monoisotopic (exact) mass is 276 g/mol. The van der Waals surface area contributed by atoms with E-state index >= 15 is 0 Å². The minimum Gasteiger partial charge on any atom is -0.481 e. The predicted molar refractivity (Wildman–Crippen MR) is 63.5 cm³/mol. The summed E-state index contributed by atoms with van der Waals surface area (Å²) in [6, 6.07) is 0. The molecule has 7 nitrogen and oxygen atoms in total. The van der Waals surface area contributed by atoms with E-state index in [0.29, 0.717) is 11.7 Å². The van der Waals surface area contributed by atoms with Crippen LogP contribution in [-0.4, -0.2) is 30.2 Å². The predicted octanol–water partition coefficient (Wildman–Crippen LogP) is 0.576. The minimum absolute atomic E-state index is 0.0237. The van der Waals surface area contributed by atoms with Crippen molar-refractivity contribution in [2.24, 2.45) is 0 Å². The lowest BCUT2D eigenvalue weighted by molar-refractivity contribution is -0.137. The third kappa shape index (κ3) is 4.84. The fraction of sp³-hybridized carbons (Fsp3) is 0.600. The van der Waals surface area contributed by atoms with Crippen LogP contribution in [0.1, 0.15) is 30.2 Å². The van der Waals surface area contributed by atoms with Gasteiger partial charge < -0.3 is 9.52 Å². The van der Waals surface area contributed by atoms with E-state index in [1.807, 2.05) is 0 Å². The Kier molecular flexibility index (Phi) is 4.85. The maximum absolute atomic E-state index is 11.5. The third-order valence-corrected chi connectivity index (χ3v) is 3.73. The second-order valence-corrected chi connectivity index (χ2v) is 5.81. The van der Waals surface area contributed by atoms with Crippen LogP contribution < -0.4 is 4.72 Å². The lowest BCUT2D eigenvalue weighted by Crippen LogP contribution is -2.26. The zero-order valence-corrected chi connectivity index (χ0v) is 11.1. The Morgan fingerprint density at radius 1 is 1.44 bits per heavy atom. The van der Waals surface area contributed by atoms with Gasteiger partial charge in [-0.2, -0.15) is 0 Å². The van der Waals surface area contributed by atoms with Gasteiger partial charge in [0.15, 0.2) is 0 Å². The van der Waals surface area contributed by atoms with E-state index in [1.54, 1.807) is 13.8 Å². The first-order valence-corrected chi connectivity index (χ1v) is 7.07. The van der Waals surface area contributed by atoms with E-state index in [9.17, 15) is 13.2 Å². The topological polar surface area (TPSA) is 110 Å². The minimum atomic E-state index is -3.49. The van der Waals surface area contributed by atoms with Crippen LogP contribution in [0.3, 0.4) is 0 Å². The standard InChI is InChI=1S/C10H16N2O5S/c1-7-8(2)17-9(12-7)6-11-18(15,16)5-3-4-10(13)14/h11H,3-6H2,1-2H3,(H,13,14). The van der Waals surface area contributed by atoms with E-state index in [1.165, 1.54) is 0 Å². The molecule has 0 saturated heterocycles. The van der Waals surface area contributed by atoms with Crippen molar-refractivity contribution in [2.45, 2.75) is 33.2 Å². The number of aryl methyl sites for hydroxylation is 2. The third-order valence-electron chi connectivity index (χ3n) is 2.32. The molecule has 0 saturated carbocycles. The van der Waals surface area contributed by atoms with Crippen LogP contribution in [0.15, 0.2) is 4.42 Å². The van der Waals surface area contributed by atoms with Gasteiger partial charge in [-0.3, -0.25) is 4.79 Å². The van der Waals surface area contributed by atoms with Crippen LogP contribution in [0.2, 0.25) is 0 Å². The average molecular weight is 276 g/mol. The summed E-state index contributed by atoms with van der Waals surface area (Å²) in [5.41, 5.74) is 0.718. The molecule has 0 fully saturated rings. The van der Waals surface area contributed by atoms with Crippen LogP contribution in [0.4, 0.5) is 0 Å². The van der Waals surface area contributed by atoms with Crippen LogP contribution in [0.5, 0.6) is 0 Å². The van der Waals surface area contributed by atoms with E-state index in [-0.39, 0.29) is 25.1 Å². The number of carboxylic acids is 1. The van der Waals surface area contributed by atoms with Crippen LogP contribution in [0, 0.1) is 13.8 Å². The van der Waals surface area contributed by atoms with Crippen molar-refractivity contribution in [1.29, 1.82) is 0 Å². The normalized spacial score (nSPS) is 11.7. The molecule has 8 heteroatoms. The smallest absolute Gasteiger partial charge is 0.303 e. The number of oxazole rings is 1. The van der Waals surface area contributed by atoms with Gasteiger partial charge in [0.1, 0.15) is 5.76 Å². The molecule has 18 heavy (non-hydrogen) atoms. The molecule has 0 atom stereocenters. The quantitative estimate of drug-likeness (QED) is 0.753. The Morgan fingerprint density at radius 2 is 2.11 bits per heavy atom. The van der Waals surface area contributed by atoms with Crippen molar-refractivity contribution < 1.29 is 22.7 Å². The van der Waals surface area contributed by atoms with Gasteiger partial charge in [-0.05, 0) is 20.3 Å². The van der Waals surface area contributed by atoms with Gasteiger partial charge in [-0.1, -0.05) is 0 Å². The van der Waals surface area contributed by atoms with Crippen LogP contribution >= 0.6 is 0 Å². The molecule has 0 bridgehead atoms. The first-order valence-electron chi connectivity index (χ1n) is 5.42. The Hall–Kier alpha value is -1.41. The molecule has 102 valence electrons. The summed E-state index contributed by atoms with van der Waals surface area (Å²) in [5.74, 6) is -0.288. The van der Waals surface area contributed by atoms with E-state index in [2.05, 4.69) is 9.71 Å². The number of sulfonamides is 1. The number of aliphatic carboxylic acids is 1. The zero-order valence-electron chi connectivity index (χ0n) is 10.3. The first kappa shape index (κ1) is 14.7. The number of carboxylic acid groups (broad SMARTS) is 1. The summed E-state index contributed by atoms with van der Waals surface area (Å²) >= 11 is 0. The van der Waals surface area contributed by atoms with E-state index < -0.39 is 16.0 Å². The molecular formula is C10H16N2O5S. The Labute approximate surface area is 105 Å². The van der Waals surface area contributed by atoms with Crippen molar-refractivity contribution >= 4 is 16.0 Å². The van der Waals surface area contributed by atoms with E-state index in [0.717, 1.165) is 5.69 Å². The molecule has 0 aromatic carbocycles. The van der Waals surface area contributed by atoms with Gasteiger partial charge in [0, 0.05) is 6.42 Å². The largest absolute Gasteiger partial charge is 0.481 e. The molecular weight excluding hydrogens is 260 g/mol. The molecule has 1 aromatic rings. The maximum Gasteiger partial charge on any atom is 0.303 e. The van der Waals surface area contributed by atoms with Crippen molar-refractivity contribution in [3.63, 3.8) is 0 Å². The van der Waals surface area contributed by atoms with Gasteiger partial charge in [0.05, 0.1) is 18.0 Å². The number of rotatable bonds is 7. The lowest BCUT2D eigenvalue weighted by atomic mass is 10.3. The maximum atomic E-state index is 11.5. The highest BCUT2D eigenvalue weighted by molar-refractivity contribution is 7.89. The Morgan fingerprint density at radius 3 is 2.61 bits per heavy atom. The van der Waals surface area contributed by atoms with Gasteiger partial charge >= 0.3 is 5.97 Å². The highest BCUT2D eigenvalue weighted by Crippen LogP contribution is 2.08. The van der Waals surface area contributed by atoms with Gasteiger partial charge in [0.25, 0.3) is 0 Å². The summed E-state index contributed by atoms with van der Waals surface area (Å²) in [4.78, 5) is 14.3. The number of nitrogens with zero attached hydrogens (tertiary/aromatic N) is 1. The molecule has 0 aliphatic carbocycles. The highest BCUT2D eigenvalue weighted by atomic mass is 32.2. The number of nitrogens with one attached hydrogen (secondary N) is 1. The Bertz CT molecular complexity index is 501. The molecule has 0 spiro atoms. The second kappa shape index (κ2) is 5.96. The number of carbonyl (C=O) groups is 1. The molecule has 1 heterocycles. The molecule has 0 aliphatic rings. The summed E-state index contributed by atoms with van der Waals surface area (Å²) in [6.07, 6.45) is -0.0908. The number of aromatic nitrogens is 1. The number of hydrogen-bond acceptors (Lipinski definition) is 5. The van der Waals surface area contributed by atoms with Crippen molar-refractivity contribution in [3.8, 4) is 0 Å². The molecule has 0 radical (unpaired) electrons. The van der Waals surface area contributed by atoms with Gasteiger partial charge in [-0.25, -0.2) is 18.1 Å². The summed E-state index contributed by atoms with van der Waals surface area (Å²) in [5, 5.41) is 8.41. The fourth-order valence-electron chi connectivity index (χ4n) is 1.27. The molecule has 0 aliphatic heterocycles. The van der Waals surface area contributed by atoms with Gasteiger partial charge in [0.2, 0.25) is 15.9 Å². The van der Waals surface area contributed by atoms with Crippen LogP contribution in [-0.2, 0) is 21.4 Å². The molecule has 2 N–H and O–H groups in total. The Balaban J connectivity index is 2.44. The summed E-state index contributed by atoms with van der Waals surface area (Å²) in [6.45, 7) is 3.49. The van der Waals surface area contributed by atoms with Crippen molar-refractivity contribution in [1.82, 2.24) is 9.71 Å². The molecule has 0 unspecified atom stereocenters. The fourth-order valence-corrected chi connectivity index (χ4v) is 2.28. The highest BCUT2D eigenvalue weighted by Gasteiger charge is 2.13. The molecule has 0 amide bonds.